The van der Waals surface area contributed by atoms with Gasteiger partial charge in [-0.25, -0.2) is 14.0 Å². The Morgan fingerprint density at radius 2 is 2.14 bits per heavy atom. The number of esters is 1. The van der Waals surface area contributed by atoms with Crippen LogP contribution < -0.4 is 10.6 Å². The molecule has 0 radical (unpaired) electrons. The van der Waals surface area contributed by atoms with E-state index in [1.807, 2.05) is 0 Å². The van der Waals surface area contributed by atoms with Crippen LogP contribution in [0.5, 0.6) is 0 Å². The van der Waals surface area contributed by atoms with E-state index in [1.54, 1.807) is 12.1 Å². The largest absolute Gasteiger partial charge is 0.467 e. The first-order valence-electron chi connectivity index (χ1n) is 6.05. The molecule has 7 heteroatoms. The maximum atomic E-state index is 13.7. The molecule has 0 aliphatic heterocycles. The number of amides is 2. The minimum Gasteiger partial charge on any atom is -0.467 e. The lowest BCUT2D eigenvalue weighted by Crippen LogP contribution is -2.28. The molecular formula is C14H13FN2O4. The topological polar surface area (TPSA) is 80.6 Å². The average Bonchev–Trinajstić information content (AvgIpc) is 2.98. The van der Waals surface area contributed by atoms with Gasteiger partial charge in [-0.2, -0.15) is 0 Å². The number of benzene rings is 1. The van der Waals surface area contributed by atoms with Crippen LogP contribution in [0.1, 0.15) is 16.1 Å². The van der Waals surface area contributed by atoms with Crippen molar-refractivity contribution in [2.24, 2.45) is 0 Å². The summed E-state index contributed by atoms with van der Waals surface area (Å²) in [6, 6.07) is 6.58. The van der Waals surface area contributed by atoms with E-state index < -0.39 is 17.8 Å². The molecule has 1 heterocycles. The highest BCUT2D eigenvalue weighted by atomic mass is 19.1. The molecule has 2 amide bonds. The Balaban J connectivity index is 1.94. The van der Waals surface area contributed by atoms with Crippen molar-refractivity contribution in [3.63, 3.8) is 0 Å². The Morgan fingerprint density at radius 1 is 1.33 bits per heavy atom. The molecule has 0 saturated heterocycles. The van der Waals surface area contributed by atoms with Crippen LogP contribution in [0, 0.1) is 5.82 Å². The summed E-state index contributed by atoms with van der Waals surface area (Å²) in [5, 5.41) is 4.99. The van der Waals surface area contributed by atoms with Crippen LogP contribution in [0.4, 0.5) is 14.9 Å². The molecule has 2 aromatic rings. The van der Waals surface area contributed by atoms with Crippen LogP contribution >= 0.6 is 0 Å². The van der Waals surface area contributed by atoms with E-state index in [0.717, 1.165) is 13.2 Å². The predicted molar refractivity (Wildman–Crippen MR) is 72.3 cm³/mol. The number of furan rings is 1. The summed E-state index contributed by atoms with van der Waals surface area (Å²) >= 11 is 0. The molecule has 0 atom stereocenters. The highest BCUT2D eigenvalue weighted by Gasteiger charge is 2.13. The molecular weight excluding hydrogens is 279 g/mol. The van der Waals surface area contributed by atoms with Gasteiger partial charge in [-0.15, -0.1) is 0 Å². The lowest BCUT2D eigenvalue weighted by Gasteiger charge is -2.08. The number of carbonyl (C=O) groups excluding carboxylic acids is 2. The number of hydrogen-bond donors (Lipinski definition) is 2. The summed E-state index contributed by atoms with van der Waals surface area (Å²) in [5.41, 5.74) is 0.0242. The van der Waals surface area contributed by atoms with Crippen LogP contribution in [-0.2, 0) is 11.3 Å². The summed E-state index contributed by atoms with van der Waals surface area (Å²) in [6.07, 6.45) is 1.50. The van der Waals surface area contributed by atoms with Crippen LogP contribution in [0.25, 0.3) is 0 Å². The van der Waals surface area contributed by atoms with Gasteiger partial charge in [-0.1, -0.05) is 0 Å². The summed E-state index contributed by atoms with van der Waals surface area (Å²) in [5.74, 6) is -0.954. The van der Waals surface area contributed by atoms with E-state index in [9.17, 15) is 14.0 Å². The van der Waals surface area contributed by atoms with E-state index in [-0.39, 0.29) is 17.8 Å². The van der Waals surface area contributed by atoms with Crippen molar-refractivity contribution in [1.29, 1.82) is 0 Å². The van der Waals surface area contributed by atoms with Gasteiger partial charge in [0.05, 0.1) is 25.5 Å². The van der Waals surface area contributed by atoms with Crippen molar-refractivity contribution in [2.75, 3.05) is 12.4 Å². The van der Waals surface area contributed by atoms with E-state index in [0.29, 0.717) is 5.76 Å². The van der Waals surface area contributed by atoms with Gasteiger partial charge in [-0.3, -0.25) is 0 Å². The summed E-state index contributed by atoms with van der Waals surface area (Å²) in [6.45, 7) is 0.210. The Bertz CT molecular complexity index is 640. The Kier molecular flexibility index (Phi) is 4.55. The fourth-order valence-corrected chi connectivity index (χ4v) is 1.62. The van der Waals surface area contributed by atoms with Gasteiger partial charge in [0, 0.05) is 5.69 Å². The summed E-state index contributed by atoms with van der Waals surface area (Å²) < 4.78 is 23.1. The molecule has 2 N–H and O–H groups in total. The second-order valence-electron chi connectivity index (χ2n) is 4.07. The van der Waals surface area contributed by atoms with Crippen LogP contribution in [0.2, 0.25) is 0 Å². The van der Waals surface area contributed by atoms with Gasteiger partial charge >= 0.3 is 12.0 Å². The van der Waals surface area contributed by atoms with E-state index in [2.05, 4.69) is 15.4 Å². The first kappa shape index (κ1) is 14.6. The molecule has 1 aromatic carbocycles. The molecule has 0 bridgehead atoms. The molecule has 110 valence electrons. The summed E-state index contributed by atoms with van der Waals surface area (Å²) in [4.78, 5) is 22.8. The molecule has 1 aromatic heterocycles. The van der Waals surface area contributed by atoms with Gasteiger partial charge in [-0.05, 0) is 30.3 Å². The third-order valence-corrected chi connectivity index (χ3v) is 2.64. The number of hydrogen-bond acceptors (Lipinski definition) is 4. The molecule has 0 fully saturated rings. The number of rotatable bonds is 4. The van der Waals surface area contributed by atoms with Crippen molar-refractivity contribution in [2.45, 2.75) is 6.54 Å². The molecule has 2 rings (SSSR count). The number of urea groups is 1. The monoisotopic (exact) mass is 292 g/mol. The SMILES string of the molecule is COC(=O)c1ccc(NC(=O)NCc2ccco2)cc1F. The quantitative estimate of drug-likeness (QED) is 0.848. The van der Waals surface area contributed by atoms with Crippen molar-refractivity contribution < 1.29 is 23.1 Å². The van der Waals surface area contributed by atoms with Gasteiger partial charge in [0.15, 0.2) is 0 Å². The number of ether oxygens (including phenoxy) is 1. The number of halogens is 1. The lowest BCUT2D eigenvalue weighted by atomic mass is 10.2. The van der Waals surface area contributed by atoms with Crippen molar-refractivity contribution >= 4 is 17.7 Å². The zero-order chi connectivity index (χ0) is 15.2. The normalized spacial score (nSPS) is 10.0. The van der Waals surface area contributed by atoms with Gasteiger partial charge in [0.1, 0.15) is 11.6 Å². The number of nitrogens with one attached hydrogen (secondary N) is 2. The molecule has 21 heavy (non-hydrogen) atoms. The predicted octanol–water partition coefficient (Wildman–Crippen LogP) is 2.53. The number of carbonyl (C=O) groups is 2. The van der Waals surface area contributed by atoms with Gasteiger partial charge in [0.25, 0.3) is 0 Å². The third-order valence-electron chi connectivity index (χ3n) is 2.64. The lowest BCUT2D eigenvalue weighted by molar-refractivity contribution is 0.0595. The van der Waals surface area contributed by atoms with E-state index in [4.69, 9.17) is 4.42 Å². The highest BCUT2D eigenvalue weighted by Crippen LogP contribution is 2.15. The second-order valence-corrected chi connectivity index (χ2v) is 4.07. The Hall–Kier alpha value is -2.83. The first-order valence-corrected chi connectivity index (χ1v) is 6.05. The van der Waals surface area contributed by atoms with Crippen molar-refractivity contribution in [3.05, 3.63) is 53.7 Å². The molecule has 0 saturated carbocycles. The maximum absolute atomic E-state index is 13.7. The highest BCUT2D eigenvalue weighted by molar-refractivity contribution is 5.92. The maximum Gasteiger partial charge on any atom is 0.340 e. The standard InChI is InChI=1S/C14H13FN2O4/c1-20-13(18)11-5-4-9(7-12(11)15)17-14(19)16-8-10-3-2-6-21-10/h2-7H,8H2,1H3,(H2,16,17,19). The minimum atomic E-state index is -0.777. The molecule has 0 aliphatic rings. The second kappa shape index (κ2) is 6.56. The molecule has 0 aliphatic carbocycles. The first-order chi connectivity index (χ1) is 10.1. The van der Waals surface area contributed by atoms with Crippen molar-refractivity contribution in [1.82, 2.24) is 5.32 Å². The molecule has 6 nitrogen and oxygen atoms in total. The van der Waals surface area contributed by atoms with Crippen LogP contribution in [-0.4, -0.2) is 19.1 Å². The van der Waals surface area contributed by atoms with Gasteiger partial charge in [0.2, 0.25) is 0 Å². The average molecular weight is 292 g/mol. The zero-order valence-corrected chi connectivity index (χ0v) is 11.2. The number of methoxy groups -OCH3 is 1. The fourth-order valence-electron chi connectivity index (χ4n) is 1.62. The summed E-state index contributed by atoms with van der Waals surface area (Å²) in [7, 11) is 1.16. The Labute approximate surface area is 119 Å². The molecule has 0 unspecified atom stereocenters. The number of anilines is 1. The van der Waals surface area contributed by atoms with Crippen molar-refractivity contribution in [3.8, 4) is 0 Å². The Morgan fingerprint density at radius 3 is 2.76 bits per heavy atom. The third kappa shape index (κ3) is 3.82. The van der Waals surface area contributed by atoms with Crippen LogP contribution in [0.15, 0.2) is 41.0 Å². The minimum absolute atomic E-state index is 0.195. The molecule has 0 spiro atoms. The smallest absolute Gasteiger partial charge is 0.340 e. The zero-order valence-electron chi connectivity index (χ0n) is 11.2. The van der Waals surface area contributed by atoms with Gasteiger partial charge < -0.3 is 19.8 Å². The van der Waals surface area contributed by atoms with E-state index in [1.165, 1.54) is 18.4 Å². The van der Waals surface area contributed by atoms with Crippen LogP contribution in [0.3, 0.4) is 0 Å². The fraction of sp³-hybridized carbons (Fsp3) is 0.143. The van der Waals surface area contributed by atoms with E-state index >= 15 is 0 Å².